The van der Waals surface area contributed by atoms with E-state index in [0.717, 1.165) is 36.8 Å². The van der Waals surface area contributed by atoms with Gasteiger partial charge in [-0.25, -0.2) is 0 Å². The van der Waals surface area contributed by atoms with Crippen molar-refractivity contribution in [3.05, 3.63) is 104 Å². The van der Waals surface area contributed by atoms with Gasteiger partial charge in [-0.05, 0) is 73.2 Å². The smallest absolute Gasteiger partial charge is 0.267 e. The maximum atomic E-state index is 13.2. The van der Waals surface area contributed by atoms with Gasteiger partial charge in [0.15, 0.2) is 0 Å². The zero-order chi connectivity index (χ0) is 29.1. The SMILES string of the molecule is O=C(Nc1ccc(NC(=O)c2c(O)c3cccc4c3n(c2=O)CCC4)cc1)c1c(O)c2cccc3c2n(c1=O)CCC3. The molecule has 2 aromatic heterocycles. The van der Waals surface area contributed by atoms with Gasteiger partial charge in [0.1, 0.15) is 22.6 Å². The highest BCUT2D eigenvalue weighted by atomic mass is 16.3. The second kappa shape index (κ2) is 9.62. The average Bonchev–Trinajstić information content (AvgIpc) is 2.99. The number of hydrogen-bond acceptors (Lipinski definition) is 6. The van der Waals surface area contributed by atoms with Gasteiger partial charge in [0.25, 0.3) is 22.9 Å². The standard InChI is InChI=1S/C32H26N4O6/c37-27-21-9-1-5-17-7-3-15-35(25(17)21)31(41)23(27)29(39)33-19-11-13-20(14-12-19)34-30(40)24-28(38)22-10-2-6-18-8-4-16-36(26(18)22)32(24)42/h1-2,5-6,9-14,37-38H,3-4,7-8,15-16H2,(H,33,39)(H,34,40). The van der Waals surface area contributed by atoms with Gasteiger partial charge in [0.05, 0.1) is 11.0 Å². The van der Waals surface area contributed by atoms with Crippen LogP contribution in [0.5, 0.6) is 11.5 Å². The van der Waals surface area contributed by atoms with Crippen LogP contribution in [0.3, 0.4) is 0 Å². The summed E-state index contributed by atoms with van der Waals surface area (Å²) in [5.74, 6) is -2.22. The largest absolute Gasteiger partial charge is 0.506 e. The number of anilines is 2. The second-order valence-corrected chi connectivity index (χ2v) is 10.7. The summed E-state index contributed by atoms with van der Waals surface area (Å²) in [6.45, 7) is 0.917. The summed E-state index contributed by atoms with van der Waals surface area (Å²) in [7, 11) is 0. The van der Waals surface area contributed by atoms with Crippen molar-refractivity contribution in [1.29, 1.82) is 0 Å². The van der Waals surface area contributed by atoms with Crippen LogP contribution in [0, 0.1) is 0 Å². The van der Waals surface area contributed by atoms with Gasteiger partial charge in [-0.1, -0.05) is 24.3 Å². The molecule has 42 heavy (non-hydrogen) atoms. The first-order valence-electron chi connectivity index (χ1n) is 13.8. The lowest BCUT2D eigenvalue weighted by Crippen LogP contribution is -2.32. The molecule has 0 radical (unpaired) electrons. The number of nitrogens with zero attached hydrogens (tertiary/aromatic N) is 2. The molecule has 0 aliphatic carbocycles. The summed E-state index contributed by atoms with van der Waals surface area (Å²) >= 11 is 0. The molecule has 4 heterocycles. The predicted octanol–water partition coefficient (Wildman–Crippen LogP) is 4.12. The van der Waals surface area contributed by atoms with Crippen LogP contribution < -0.4 is 21.8 Å². The maximum Gasteiger partial charge on any atom is 0.267 e. The Kier molecular flexibility index (Phi) is 5.86. The number of aryl methyl sites for hydroxylation is 4. The Labute approximate surface area is 238 Å². The summed E-state index contributed by atoms with van der Waals surface area (Å²) in [6, 6.07) is 16.9. The van der Waals surface area contributed by atoms with Gasteiger partial charge in [-0.3, -0.25) is 19.2 Å². The fourth-order valence-corrected chi connectivity index (χ4v) is 6.27. The van der Waals surface area contributed by atoms with Crippen molar-refractivity contribution in [1.82, 2.24) is 9.13 Å². The summed E-state index contributed by atoms with van der Waals surface area (Å²) in [5, 5.41) is 28.0. The molecule has 210 valence electrons. The van der Waals surface area contributed by atoms with Crippen molar-refractivity contribution in [3.63, 3.8) is 0 Å². The molecule has 3 aromatic carbocycles. The van der Waals surface area contributed by atoms with Gasteiger partial charge in [0, 0.05) is 35.2 Å². The Morgan fingerprint density at radius 1 is 0.619 bits per heavy atom. The van der Waals surface area contributed by atoms with Crippen LogP contribution in [0.2, 0.25) is 0 Å². The number of nitrogens with one attached hydrogen (secondary N) is 2. The molecule has 0 bridgehead atoms. The third-order valence-corrected chi connectivity index (χ3v) is 8.19. The molecule has 2 aliphatic rings. The summed E-state index contributed by atoms with van der Waals surface area (Å²) < 4.78 is 3.09. The highest BCUT2D eigenvalue weighted by molar-refractivity contribution is 6.11. The predicted molar refractivity (Wildman–Crippen MR) is 159 cm³/mol. The Morgan fingerprint density at radius 3 is 1.43 bits per heavy atom. The molecule has 10 nitrogen and oxygen atoms in total. The Balaban J connectivity index is 1.15. The minimum Gasteiger partial charge on any atom is -0.506 e. The van der Waals surface area contributed by atoms with Crippen LogP contribution in [0.1, 0.15) is 44.7 Å². The quantitative estimate of drug-likeness (QED) is 0.260. The fraction of sp³-hybridized carbons (Fsp3) is 0.188. The normalized spacial score (nSPS) is 13.7. The van der Waals surface area contributed by atoms with E-state index in [1.54, 1.807) is 33.4 Å². The number of hydrogen-bond donors (Lipinski definition) is 4. The topological polar surface area (TPSA) is 143 Å². The van der Waals surface area contributed by atoms with Crippen molar-refractivity contribution in [3.8, 4) is 11.5 Å². The van der Waals surface area contributed by atoms with Gasteiger partial charge >= 0.3 is 0 Å². The molecule has 2 aliphatic heterocycles. The third-order valence-electron chi connectivity index (χ3n) is 8.19. The molecule has 0 unspecified atom stereocenters. The monoisotopic (exact) mass is 562 g/mol. The first-order valence-corrected chi connectivity index (χ1v) is 13.8. The van der Waals surface area contributed by atoms with E-state index in [2.05, 4.69) is 10.6 Å². The number of carbonyl (C=O) groups excluding carboxylic acids is 2. The fourth-order valence-electron chi connectivity index (χ4n) is 6.27. The first kappa shape index (κ1) is 25.6. The van der Waals surface area contributed by atoms with Crippen molar-refractivity contribution < 1.29 is 19.8 Å². The number of rotatable bonds is 4. The van der Waals surface area contributed by atoms with E-state index in [9.17, 15) is 29.4 Å². The lowest BCUT2D eigenvalue weighted by molar-refractivity contribution is 0.101. The molecule has 2 amide bonds. The average molecular weight is 563 g/mol. The summed E-state index contributed by atoms with van der Waals surface area (Å²) in [6.07, 6.45) is 3.11. The number of pyridine rings is 2. The lowest BCUT2D eigenvalue weighted by Gasteiger charge is -2.21. The number of carbonyl (C=O) groups is 2. The molecular formula is C32H26N4O6. The van der Waals surface area contributed by atoms with E-state index < -0.39 is 22.9 Å². The molecule has 0 atom stereocenters. The first-order chi connectivity index (χ1) is 20.3. The zero-order valence-electron chi connectivity index (χ0n) is 22.4. The third kappa shape index (κ3) is 3.87. The molecule has 0 saturated carbocycles. The van der Waals surface area contributed by atoms with Crippen LogP contribution in [0.4, 0.5) is 11.4 Å². The van der Waals surface area contributed by atoms with E-state index in [1.807, 2.05) is 12.1 Å². The molecule has 0 fully saturated rings. The van der Waals surface area contributed by atoms with Crippen LogP contribution in [0.15, 0.2) is 70.3 Å². The van der Waals surface area contributed by atoms with Crippen molar-refractivity contribution in [2.24, 2.45) is 0 Å². The van der Waals surface area contributed by atoms with Crippen LogP contribution in [-0.4, -0.2) is 31.2 Å². The summed E-state index contributed by atoms with van der Waals surface area (Å²) in [5.41, 5.74) is 2.11. The Morgan fingerprint density at radius 2 is 1.02 bits per heavy atom. The van der Waals surface area contributed by atoms with Crippen LogP contribution >= 0.6 is 0 Å². The van der Waals surface area contributed by atoms with E-state index >= 15 is 0 Å². The molecule has 0 spiro atoms. The zero-order valence-corrected chi connectivity index (χ0v) is 22.4. The molecule has 7 rings (SSSR count). The van der Waals surface area contributed by atoms with Gasteiger partial charge in [0.2, 0.25) is 0 Å². The number of amides is 2. The van der Waals surface area contributed by atoms with Crippen molar-refractivity contribution >= 4 is 45.0 Å². The number of aromatic nitrogens is 2. The van der Waals surface area contributed by atoms with Gasteiger partial charge in [-0.15, -0.1) is 0 Å². The lowest BCUT2D eigenvalue weighted by atomic mass is 9.99. The second-order valence-electron chi connectivity index (χ2n) is 10.7. The van der Waals surface area contributed by atoms with E-state index in [0.29, 0.717) is 46.3 Å². The van der Waals surface area contributed by atoms with Gasteiger partial charge in [-0.2, -0.15) is 0 Å². The minimum atomic E-state index is -0.752. The number of benzene rings is 3. The molecule has 5 aromatic rings. The number of aromatic hydroxyl groups is 2. The minimum absolute atomic E-state index is 0.329. The number of para-hydroxylation sites is 2. The highest BCUT2D eigenvalue weighted by Crippen LogP contribution is 2.33. The maximum absolute atomic E-state index is 13.2. The van der Waals surface area contributed by atoms with Crippen molar-refractivity contribution in [2.45, 2.75) is 38.8 Å². The van der Waals surface area contributed by atoms with E-state index in [4.69, 9.17) is 0 Å². The molecule has 0 saturated heterocycles. The van der Waals surface area contributed by atoms with E-state index in [1.165, 1.54) is 24.3 Å². The van der Waals surface area contributed by atoms with Gasteiger partial charge < -0.3 is 30.0 Å². The molecule has 4 N–H and O–H groups in total. The Bertz CT molecular complexity index is 1940. The Hall–Kier alpha value is -5.38. The van der Waals surface area contributed by atoms with Crippen LogP contribution in [0.25, 0.3) is 21.8 Å². The van der Waals surface area contributed by atoms with Crippen molar-refractivity contribution in [2.75, 3.05) is 10.6 Å². The highest BCUT2D eigenvalue weighted by Gasteiger charge is 2.27. The van der Waals surface area contributed by atoms with E-state index in [-0.39, 0.29) is 22.6 Å². The van der Waals surface area contributed by atoms with Crippen LogP contribution in [-0.2, 0) is 25.9 Å². The molecule has 10 heteroatoms. The molecular weight excluding hydrogens is 536 g/mol. The summed E-state index contributed by atoms with van der Waals surface area (Å²) in [4.78, 5) is 52.8.